The molecule has 0 aliphatic heterocycles. The molecule has 0 N–H and O–H groups in total. The van der Waals surface area contributed by atoms with E-state index in [1.165, 1.54) is 0 Å². The summed E-state index contributed by atoms with van der Waals surface area (Å²) < 4.78 is 10.2. The van der Waals surface area contributed by atoms with Gasteiger partial charge in [-0.2, -0.15) is 0 Å². The Kier molecular flexibility index (Phi) is 9.20. The smallest absolute Gasteiger partial charge is 0.323 e. The number of hydrogen-bond acceptors (Lipinski definition) is 4. The molecule has 0 heterocycles. The van der Waals surface area contributed by atoms with Gasteiger partial charge in [-0.15, -0.1) is 12.3 Å². The first-order chi connectivity index (χ1) is 9.94. The molecule has 0 aliphatic carbocycles. The molecule has 0 aromatic rings. The van der Waals surface area contributed by atoms with E-state index in [1.54, 1.807) is 13.8 Å². The fourth-order valence-corrected chi connectivity index (χ4v) is 1.97. The molecule has 0 saturated carbocycles. The van der Waals surface area contributed by atoms with Crippen LogP contribution in [0.5, 0.6) is 0 Å². The number of carbonyl (C=O) groups excluding carboxylic acids is 2. The number of esters is 2. The van der Waals surface area contributed by atoms with Gasteiger partial charge < -0.3 is 9.47 Å². The number of carbonyl (C=O) groups is 2. The van der Waals surface area contributed by atoms with Crippen molar-refractivity contribution in [2.24, 2.45) is 5.41 Å². The van der Waals surface area contributed by atoms with Crippen molar-refractivity contribution in [2.75, 3.05) is 13.2 Å². The lowest BCUT2D eigenvalue weighted by Crippen LogP contribution is -2.42. The molecule has 0 radical (unpaired) electrons. The van der Waals surface area contributed by atoms with Gasteiger partial charge in [-0.25, -0.2) is 0 Å². The highest BCUT2D eigenvalue weighted by molar-refractivity contribution is 6.00. The van der Waals surface area contributed by atoms with Gasteiger partial charge in [0.25, 0.3) is 0 Å². The minimum atomic E-state index is -1.29. The zero-order valence-corrected chi connectivity index (χ0v) is 13.5. The SMILES string of the molecule is C#CCCCC(CC=C(C)C)(C(=O)OCC)C(=O)OCC. The van der Waals surface area contributed by atoms with E-state index >= 15 is 0 Å². The molecule has 0 bridgehead atoms. The summed E-state index contributed by atoms with van der Waals surface area (Å²) in [6, 6.07) is 0. The Morgan fingerprint density at radius 1 is 1.14 bits per heavy atom. The van der Waals surface area contributed by atoms with Crippen LogP contribution in [-0.4, -0.2) is 25.2 Å². The number of terminal acetylenes is 1. The van der Waals surface area contributed by atoms with E-state index in [-0.39, 0.29) is 19.6 Å². The van der Waals surface area contributed by atoms with Crippen LogP contribution in [0.15, 0.2) is 11.6 Å². The summed E-state index contributed by atoms with van der Waals surface area (Å²) in [6.07, 6.45) is 8.81. The molecule has 0 aromatic heterocycles. The third-order valence-electron chi connectivity index (χ3n) is 3.12. The first-order valence-electron chi connectivity index (χ1n) is 7.35. The number of hydrogen-bond donors (Lipinski definition) is 0. The van der Waals surface area contributed by atoms with E-state index in [0.717, 1.165) is 5.57 Å². The molecule has 118 valence electrons. The second kappa shape index (κ2) is 10.0. The summed E-state index contributed by atoms with van der Waals surface area (Å²) in [7, 11) is 0. The summed E-state index contributed by atoms with van der Waals surface area (Å²) >= 11 is 0. The Morgan fingerprint density at radius 2 is 1.67 bits per heavy atom. The summed E-state index contributed by atoms with van der Waals surface area (Å²) in [6.45, 7) is 7.73. The van der Waals surface area contributed by atoms with Crippen LogP contribution in [0.4, 0.5) is 0 Å². The van der Waals surface area contributed by atoms with Gasteiger partial charge in [0.2, 0.25) is 0 Å². The van der Waals surface area contributed by atoms with Gasteiger partial charge in [-0.3, -0.25) is 9.59 Å². The summed E-state index contributed by atoms with van der Waals surface area (Å²) in [5.41, 5.74) is -0.259. The summed E-state index contributed by atoms with van der Waals surface area (Å²) in [4.78, 5) is 24.8. The maximum atomic E-state index is 12.4. The van der Waals surface area contributed by atoms with Crippen LogP contribution in [0.2, 0.25) is 0 Å². The molecular formula is C17H26O4. The van der Waals surface area contributed by atoms with E-state index in [2.05, 4.69) is 5.92 Å². The molecule has 4 heteroatoms. The van der Waals surface area contributed by atoms with Crippen molar-refractivity contribution in [1.29, 1.82) is 0 Å². The Labute approximate surface area is 127 Å². The predicted molar refractivity (Wildman–Crippen MR) is 82.4 cm³/mol. The molecule has 0 spiro atoms. The standard InChI is InChI=1S/C17H26O4/c1-6-9-10-12-17(13-11-14(4)5,15(18)20-7-2)16(19)21-8-3/h1,11H,7-10,12-13H2,2-5H3. The Morgan fingerprint density at radius 3 is 2.05 bits per heavy atom. The average Bonchev–Trinajstić information content (AvgIpc) is 2.43. The van der Waals surface area contributed by atoms with Crippen LogP contribution in [0.25, 0.3) is 0 Å². The van der Waals surface area contributed by atoms with Gasteiger partial charge >= 0.3 is 11.9 Å². The molecule has 0 aliphatic rings. The highest BCUT2D eigenvalue weighted by Crippen LogP contribution is 2.33. The summed E-state index contributed by atoms with van der Waals surface area (Å²) in [5, 5.41) is 0. The lowest BCUT2D eigenvalue weighted by molar-refractivity contribution is -0.172. The van der Waals surface area contributed by atoms with E-state index in [4.69, 9.17) is 15.9 Å². The van der Waals surface area contributed by atoms with E-state index in [0.29, 0.717) is 19.3 Å². The first kappa shape index (κ1) is 19.2. The lowest BCUT2D eigenvalue weighted by Gasteiger charge is -2.28. The zero-order chi connectivity index (χ0) is 16.3. The quantitative estimate of drug-likeness (QED) is 0.215. The van der Waals surface area contributed by atoms with Crippen LogP contribution in [0, 0.1) is 17.8 Å². The fourth-order valence-electron chi connectivity index (χ4n) is 1.97. The number of unbranched alkanes of at least 4 members (excludes halogenated alkanes) is 1. The minimum Gasteiger partial charge on any atom is -0.465 e. The van der Waals surface area contributed by atoms with Crippen molar-refractivity contribution in [3.8, 4) is 12.3 Å². The second-order valence-electron chi connectivity index (χ2n) is 5.07. The molecule has 4 nitrogen and oxygen atoms in total. The molecule has 0 rings (SSSR count). The normalized spacial score (nSPS) is 10.4. The largest absolute Gasteiger partial charge is 0.465 e. The van der Waals surface area contributed by atoms with Crippen molar-refractivity contribution in [2.45, 2.75) is 53.4 Å². The van der Waals surface area contributed by atoms with Gasteiger partial charge in [0.15, 0.2) is 5.41 Å². The molecule has 21 heavy (non-hydrogen) atoms. The molecule has 0 fully saturated rings. The highest BCUT2D eigenvalue weighted by atomic mass is 16.6. The fraction of sp³-hybridized carbons (Fsp3) is 0.647. The van der Waals surface area contributed by atoms with Gasteiger partial charge in [0, 0.05) is 6.42 Å². The Hall–Kier alpha value is -1.76. The highest BCUT2D eigenvalue weighted by Gasteiger charge is 2.47. The molecule has 0 atom stereocenters. The molecular weight excluding hydrogens is 268 g/mol. The van der Waals surface area contributed by atoms with Crippen LogP contribution < -0.4 is 0 Å². The van der Waals surface area contributed by atoms with Crippen LogP contribution in [-0.2, 0) is 19.1 Å². The van der Waals surface area contributed by atoms with Gasteiger partial charge in [0.05, 0.1) is 13.2 Å². The molecule has 0 unspecified atom stereocenters. The monoisotopic (exact) mass is 294 g/mol. The number of allylic oxidation sites excluding steroid dienone is 2. The number of ether oxygens (including phenoxy) is 2. The van der Waals surface area contributed by atoms with Gasteiger partial charge in [0.1, 0.15) is 0 Å². The first-order valence-corrected chi connectivity index (χ1v) is 7.35. The molecule has 0 aromatic carbocycles. The van der Waals surface area contributed by atoms with Crippen molar-refractivity contribution in [3.05, 3.63) is 11.6 Å². The summed E-state index contributed by atoms with van der Waals surface area (Å²) in [5.74, 6) is 1.47. The van der Waals surface area contributed by atoms with Crippen LogP contribution in [0.1, 0.15) is 53.4 Å². The topological polar surface area (TPSA) is 52.6 Å². The second-order valence-corrected chi connectivity index (χ2v) is 5.07. The third kappa shape index (κ3) is 6.03. The van der Waals surface area contributed by atoms with Crippen molar-refractivity contribution in [1.82, 2.24) is 0 Å². The lowest BCUT2D eigenvalue weighted by atomic mass is 9.79. The third-order valence-corrected chi connectivity index (χ3v) is 3.12. The van der Waals surface area contributed by atoms with Crippen molar-refractivity contribution in [3.63, 3.8) is 0 Å². The maximum absolute atomic E-state index is 12.4. The van der Waals surface area contributed by atoms with Crippen LogP contribution >= 0.6 is 0 Å². The average molecular weight is 294 g/mol. The van der Waals surface area contributed by atoms with E-state index in [9.17, 15) is 9.59 Å². The van der Waals surface area contributed by atoms with Gasteiger partial charge in [-0.05, 0) is 47.0 Å². The van der Waals surface area contributed by atoms with E-state index < -0.39 is 17.4 Å². The van der Waals surface area contributed by atoms with Crippen molar-refractivity contribution >= 4 is 11.9 Å². The van der Waals surface area contributed by atoms with E-state index in [1.807, 2.05) is 19.9 Å². The predicted octanol–water partition coefficient (Wildman–Crippen LogP) is 3.26. The van der Waals surface area contributed by atoms with Crippen LogP contribution in [0.3, 0.4) is 0 Å². The molecule has 0 amide bonds. The Bertz CT molecular complexity index is 393. The zero-order valence-electron chi connectivity index (χ0n) is 13.5. The molecule has 0 saturated heterocycles. The Balaban J connectivity index is 5.46. The minimum absolute atomic E-state index is 0.226. The number of rotatable bonds is 9. The maximum Gasteiger partial charge on any atom is 0.323 e. The van der Waals surface area contributed by atoms with Crippen molar-refractivity contribution < 1.29 is 19.1 Å². The van der Waals surface area contributed by atoms with Gasteiger partial charge in [-0.1, -0.05) is 11.6 Å².